The van der Waals surface area contributed by atoms with Gasteiger partial charge in [0.15, 0.2) is 5.76 Å². The molecule has 0 atom stereocenters. The van der Waals surface area contributed by atoms with Gasteiger partial charge in [-0.25, -0.2) is 4.98 Å². The second-order valence-corrected chi connectivity index (χ2v) is 4.47. The Bertz CT molecular complexity index is 742. The molecule has 0 unspecified atom stereocenters. The van der Waals surface area contributed by atoms with Crippen molar-refractivity contribution in [1.29, 1.82) is 0 Å². The summed E-state index contributed by atoms with van der Waals surface area (Å²) in [5, 5.41) is 9.63. The second-order valence-electron chi connectivity index (χ2n) is 4.47. The summed E-state index contributed by atoms with van der Waals surface area (Å²) in [4.78, 5) is 15.9. The van der Waals surface area contributed by atoms with Crippen molar-refractivity contribution in [2.24, 2.45) is 0 Å². The molecule has 0 radical (unpaired) electrons. The fourth-order valence-corrected chi connectivity index (χ4v) is 1.83. The first-order chi connectivity index (χ1) is 10.8. The van der Waals surface area contributed by atoms with E-state index in [9.17, 15) is 4.79 Å². The first kappa shape index (κ1) is 13.9. The van der Waals surface area contributed by atoms with Gasteiger partial charge in [-0.2, -0.15) is 5.10 Å². The molecule has 0 spiro atoms. The fraction of sp³-hybridized carbons (Fsp3) is 0.133. The van der Waals surface area contributed by atoms with E-state index >= 15 is 0 Å². The number of hydrogen-bond acceptors (Lipinski definition) is 5. The van der Waals surface area contributed by atoms with Gasteiger partial charge in [0.2, 0.25) is 11.7 Å². The van der Waals surface area contributed by atoms with Gasteiger partial charge >= 0.3 is 0 Å². The van der Waals surface area contributed by atoms with Gasteiger partial charge in [-0.05, 0) is 30.3 Å². The Balaban J connectivity index is 1.46. The monoisotopic (exact) mass is 298 g/mol. The van der Waals surface area contributed by atoms with Crippen LogP contribution in [0.25, 0.3) is 17.7 Å². The van der Waals surface area contributed by atoms with Crippen LogP contribution in [0.2, 0.25) is 0 Å². The number of carbonyl (C=O) groups is 1. The summed E-state index contributed by atoms with van der Waals surface area (Å²) in [6.45, 7) is 0.452. The minimum absolute atomic E-state index is 0.192. The molecule has 0 saturated heterocycles. The van der Waals surface area contributed by atoms with Crippen molar-refractivity contribution in [3.63, 3.8) is 0 Å². The quantitative estimate of drug-likeness (QED) is 0.679. The zero-order valence-electron chi connectivity index (χ0n) is 11.7. The van der Waals surface area contributed by atoms with Crippen LogP contribution in [0.15, 0.2) is 51.7 Å². The third kappa shape index (κ3) is 3.51. The van der Waals surface area contributed by atoms with E-state index in [1.807, 2.05) is 0 Å². The van der Waals surface area contributed by atoms with Gasteiger partial charge in [-0.3, -0.25) is 9.89 Å². The summed E-state index contributed by atoms with van der Waals surface area (Å²) < 4.78 is 10.3. The molecular weight excluding hydrogens is 284 g/mol. The van der Waals surface area contributed by atoms with Crippen molar-refractivity contribution in [2.45, 2.75) is 6.42 Å². The molecule has 0 aliphatic carbocycles. The highest BCUT2D eigenvalue weighted by molar-refractivity contribution is 5.91. The lowest BCUT2D eigenvalue weighted by molar-refractivity contribution is -0.116. The standard InChI is InChI=1S/C15H14N4O3/c20-14(6-5-11-3-1-9-21-11)16-8-7-13-17-15(19-18-13)12-4-2-10-22-12/h1-6,9-10H,7-8H2,(H,16,20)(H,17,18,19). The summed E-state index contributed by atoms with van der Waals surface area (Å²) in [5.41, 5.74) is 0. The summed E-state index contributed by atoms with van der Waals surface area (Å²) in [6.07, 6.45) is 6.70. The van der Waals surface area contributed by atoms with E-state index < -0.39 is 0 Å². The zero-order chi connectivity index (χ0) is 15.2. The normalized spacial score (nSPS) is 11.1. The van der Waals surface area contributed by atoms with Gasteiger partial charge in [0.25, 0.3) is 0 Å². The minimum Gasteiger partial charge on any atom is -0.465 e. The zero-order valence-corrected chi connectivity index (χ0v) is 11.7. The molecule has 3 heterocycles. The van der Waals surface area contributed by atoms with Gasteiger partial charge in [0, 0.05) is 19.0 Å². The Hall–Kier alpha value is -3.09. The molecule has 3 aromatic rings. The van der Waals surface area contributed by atoms with Crippen molar-refractivity contribution >= 4 is 12.0 Å². The van der Waals surface area contributed by atoms with Crippen molar-refractivity contribution in [2.75, 3.05) is 6.54 Å². The van der Waals surface area contributed by atoms with Crippen LogP contribution in [-0.4, -0.2) is 27.6 Å². The van der Waals surface area contributed by atoms with Crippen LogP contribution in [-0.2, 0) is 11.2 Å². The Kier molecular flexibility index (Phi) is 4.15. The largest absolute Gasteiger partial charge is 0.465 e. The maximum absolute atomic E-state index is 11.6. The molecule has 22 heavy (non-hydrogen) atoms. The highest BCUT2D eigenvalue weighted by Gasteiger charge is 2.08. The topological polar surface area (TPSA) is 97.0 Å². The number of nitrogens with one attached hydrogen (secondary N) is 2. The maximum atomic E-state index is 11.6. The lowest BCUT2D eigenvalue weighted by Crippen LogP contribution is -2.23. The maximum Gasteiger partial charge on any atom is 0.244 e. The Morgan fingerprint density at radius 2 is 2.14 bits per heavy atom. The Morgan fingerprint density at radius 1 is 1.27 bits per heavy atom. The van der Waals surface area contributed by atoms with Crippen LogP contribution in [0.3, 0.4) is 0 Å². The number of aromatic nitrogens is 3. The number of H-pyrrole nitrogens is 1. The van der Waals surface area contributed by atoms with Crippen LogP contribution >= 0.6 is 0 Å². The number of hydrogen-bond donors (Lipinski definition) is 2. The summed E-state index contributed by atoms with van der Waals surface area (Å²) in [6, 6.07) is 7.09. The Labute approximate surface area is 126 Å². The van der Waals surface area contributed by atoms with Gasteiger partial charge in [0.05, 0.1) is 12.5 Å². The van der Waals surface area contributed by atoms with E-state index in [0.29, 0.717) is 36.1 Å². The first-order valence-electron chi connectivity index (χ1n) is 6.76. The fourth-order valence-electron chi connectivity index (χ4n) is 1.83. The molecule has 0 aromatic carbocycles. The third-order valence-corrected chi connectivity index (χ3v) is 2.88. The van der Waals surface area contributed by atoms with E-state index in [-0.39, 0.29) is 5.91 Å². The molecule has 0 saturated carbocycles. The van der Waals surface area contributed by atoms with Gasteiger partial charge in [-0.1, -0.05) is 0 Å². The molecule has 2 N–H and O–H groups in total. The molecule has 3 rings (SSSR count). The molecule has 0 aliphatic heterocycles. The van der Waals surface area contributed by atoms with E-state index in [0.717, 1.165) is 0 Å². The van der Waals surface area contributed by atoms with E-state index in [4.69, 9.17) is 8.83 Å². The number of aromatic amines is 1. The summed E-state index contributed by atoms with van der Waals surface area (Å²) >= 11 is 0. The van der Waals surface area contributed by atoms with Crippen LogP contribution in [0.1, 0.15) is 11.6 Å². The molecule has 0 bridgehead atoms. The van der Waals surface area contributed by atoms with E-state index in [2.05, 4.69) is 20.5 Å². The number of carbonyl (C=O) groups excluding carboxylic acids is 1. The van der Waals surface area contributed by atoms with Gasteiger partial charge in [-0.15, -0.1) is 0 Å². The van der Waals surface area contributed by atoms with E-state index in [1.165, 1.54) is 6.08 Å². The highest BCUT2D eigenvalue weighted by Crippen LogP contribution is 2.14. The third-order valence-electron chi connectivity index (χ3n) is 2.88. The smallest absolute Gasteiger partial charge is 0.244 e. The predicted octanol–water partition coefficient (Wildman–Crippen LogP) is 2.03. The van der Waals surface area contributed by atoms with Crippen molar-refractivity contribution in [3.05, 3.63) is 54.5 Å². The average molecular weight is 298 g/mol. The number of furan rings is 2. The molecule has 0 fully saturated rings. The van der Waals surface area contributed by atoms with Crippen LogP contribution in [0.4, 0.5) is 0 Å². The average Bonchev–Trinajstić information content (AvgIpc) is 3.26. The SMILES string of the molecule is O=C(C=Cc1ccco1)NCCc1nc(-c2ccco2)n[nH]1. The second kappa shape index (κ2) is 6.57. The molecule has 0 aliphatic rings. The van der Waals surface area contributed by atoms with E-state index in [1.54, 1.807) is 42.9 Å². The molecule has 3 aromatic heterocycles. The molecule has 7 heteroatoms. The predicted molar refractivity (Wildman–Crippen MR) is 78.5 cm³/mol. The molecule has 1 amide bonds. The minimum atomic E-state index is -0.192. The molecule has 7 nitrogen and oxygen atoms in total. The number of nitrogens with zero attached hydrogens (tertiary/aromatic N) is 2. The van der Waals surface area contributed by atoms with Crippen molar-refractivity contribution in [3.8, 4) is 11.6 Å². The Morgan fingerprint density at radius 3 is 2.91 bits per heavy atom. The van der Waals surface area contributed by atoms with Crippen LogP contribution in [0.5, 0.6) is 0 Å². The summed E-state index contributed by atoms with van der Waals surface area (Å²) in [5.74, 6) is 2.23. The number of amides is 1. The van der Waals surface area contributed by atoms with Crippen molar-refractivity contribution in [1.82, 2.24) is 20.5 Å². The summed E-state index contributed by atoms with van der Waals surface area (Å²) in [7, 11) is 0. The van der Waals surface area contributed by atoms with Crippen LogP contribution < -0.4 is 5.32 Å². The lowest BCUT2D eigenvalue weighted by Gasteiger charge is -1.98. The molecule has 112 valence electrons. The van der Waals surface area contributed by atoms with Crippen LogP contribution in [0, 0.1) is 0 Å². The molecular formula is C15H14N4O3. The van der Waals surface area contributed by atoms with Gasteiger partial charge < -0.3 is 14.2 Å². The lowest BCUT2D eigenvalue weighted by atomic mass is 10.3. The van der Waals surface area contributed by atoms with Crippen molar-refractivity contribution < 1.29 is 13.6 Å². The first-order valence-corrected chi connectivity index (χ1v) is 6.76. The van der Waals surface area contributed by atoms with Gasteiger partial charge in [0.1, 0.15) is 11.6 Å². The number of rotatable bonds is 6. The highest BCUT2D eigenvalue weighted by atomic mass is 16.3.